The number of hydrogen-bond acceptors (Lipinski definition) is 3. The van der Waals surface area contributed by atoms with E-state index in [2.05, 4.69) is 21.2 Å². The fraction of sp³-hybridized carbons (Fsp3) is 0.333. The molecule has 4 nitrogen and oxygen atoms in total. The molecule has 0 saturated carbocycles. The average molecular weight is 300 g/mol. The van der Waals surface area contributed by atoms with Crippen LogP contribution >= 0.6 is 15.9 Å². The number of rotatable bonds is 5. The van der Waals surface area contributed by atoms with Crippen molar-refractivity contribution in [1.29, 1.82) is 0 Å². The first-order chi connectivity index (χ1) is 8.08. The van der Waals surface area contributed by atoms with E-state index in [0.29, 0.717) is 11.3 Å². The van der Waals surface area contributed by atoms with Crippen molar-refractivity contribution < 1.29 is 14.3 Å². The van der Waals surface area contributed by atoms with Gasteiger partial charge in [0, 0.05) is 24.4 Å². The number of carbonyl (C=O) groups is 2. The zero-order valence-electron chi connectivity index (χ0n) is 9.75. The summed E-state index contributed by atoms with van der Waals surface area (Å²) in [5, 5.41) is 2.48. The molecule has 0 aromatic heterocycles. The number of amides is 1. The molecule has 17 heavy (non-hydrogen) atoms. The van der Waals surface area contributed by atoms with Gasteiger partial charge in [-0.15, -0.1) is 0 Å². The van der Waals surface area contributed by atoms with Crippen LogP contribution in [0.2, 0.25) is 0 Å². The summed E-state index contributed by atoms with van der Waals surface area (Å²) >= 11 is 3.30. The van der Waals surface area contributed by atoms with Crippen LogP contribution in [0.15, 0.2) is 22.7 Å². The fourth-order valence-corrected chi connectivity index (χ4v) is 1.75. The van der Waals surface area contributed by atoms with Gasteiger partial charge in [-0.1, -0.05) is 15.9 Å². The second kappa shape index (κ2) is 6.39. The molecule has 0 unspecified atom stereocenters. The number of halogens is 1. The predicted octanol–water partition coefficient (Wildman–Crippen LogP) is 2.17. The van der Waals surface area contributed by atoms with Gasteiger partial charge >= 0.3 is 0 Å². The Labute approximate surface area is 108 Å². The Morgan fingerprint density at radius 2 is 2.06 bits per heavy atom. The molecule has 1 N–H and O–H groups in total. The zero-order chi connectivity index (χ0) is 12.8. The van der Waals surface area contributed by atoms with E-state index in [1.165, 1.54) is 7.11 Å². The van der Waals surface area contributed by atoms with Gasteiger partial charge in [0.25, 0.3) is 0 Å². The minimum Gasteiger partial charge on any atom is -0.496 e. The highest BCUT2D eigenvalue weighted by atomic mass is 79.9. The van der Waals surface area contributed by atoms with Crippen LogP contribution < -0.4 is 10.1 Å². The number of ketones is 1. The Morgan fingerprint density at radius 1 is 1.35 bits per heavy atom. The molecular weight excluding hydrogens is 286 g/mol. The molecule has 1 rings (SSSR count). The van der Waals surface area contributed by atoms with Crippen LogP contribution in [0.1, 0.15) is 23.2 Å². The quantitative estimate of drug-likeness (QED) is 0.848. The molecule has 1 aromatic rings. The first-order valence-corrected chi connectivity index (χ1v) is 5.95. The van der Waals surface area contributed by atoms with Gasteiger partial charge in [0.1, 0.15) is 5.75 Å². The minimum atomic E-state index is -0.146. The second-order valence-corrected chi connectivity index (χ2v) is 4.36. The van der Waals surface area contributed by atoms with Gasteiger partial charge in [0.15, 0.2) is 5.78 Å². The summed E-state index contributed by atoms with van der Waals surface area (Å²) in [6.45, 7) is 0. The van der Waals surface area contributed by atoms with Gasteiger partial charge in [-0.3, -0.25) is 9.59 Å². The summed E-state index contributed by atoms with van der Waals surface area (Å²) in [6, 6.07) is 5.22. The zero-order valence-corrected chi connectivity index (χ0v) is 11.3. The highest BCUT2D eigenvalue weighted by molar-refractivity contribution is 9.10. The van der Waals surface area contributed by atoms with E-state index < -0.39 is 0 Å². The molecule has 0 fully saturated rings. The van der Waals surface area contributed by atoms with Crippen molar-refractivity contribution in [3.8, 4) is 5.75 Å². The van der Waals surface area contributed by atoms with Gasteiger partial charge in [-0.05, 0) is 18.2 Å². The number of carbonyl (C=O) groups excluding carboxylic acids is 2. The maximum absolute atomic E-state index is 11.9. The fourth-order valence-electron chi connectivity index (χ4n) is 1.38. The van der Waals surface area contributed by atoms with Crippen molar-refractivity contribution in [2.24, 2.45) is 0 Å². The number of methoxy groups -OCH3 is 1. The van der Waals surface area contributed by atoms with Crippen LogP contribution in [-0.2, 0) is 4.79 Å². The summed E-state index contributed by atoms with van der Waals surface area (Å²) in [5.41, 5.74) is 0.491. The van der Waals surface area contributed by atoms with E-state index in [0.717, 1.165) is 4.47 Å². The monoisotopic (exact) mass is 299 g/mol. The van der Waals surface area contributed by atoms with Crippen molar-refractivity contribution in [3.63, 3.8) is 0 Å². The Bertz CT molecular complexity index is 432. The number of benzene rings is 1. The molecular formula is C12H14BrNO3. The highest BCUT2D eigenvalue weighted by Crippen LogP contribution is 2.24. The first-order valence-electron chi connectivity index (χ1n) is 5.15. The Morgan fingerprint density at radius 3 is 2.65 bits per heavy atom. The molecule has 92 valence electrons. The average Bonchev–Trinajstić information content (AvgIpc) is 2.35. The molecule has 0 aliphatic carbocycles. The molecule has 1 aromatic carbocycles. The summed E-state index contributed by atoms with van der Waals surface area (Å²) in [6.07, 6.45) is 0.359. The lowest BCUT2D eigenvalue weighted by Crippen LogP contribution is -2.18. The summed E-state index contributed by atoms with van der Waals surface area (Å²) in [7, 11) is 3.06. The standard InChI is InChI=1S/C12H14BrNO3/c1-14-12(16)6-4-10(15)9-7-8(13)3-5-11(9)17-2/h3,5,7H,4,6H2,1-2H3,(H,14,16). The summed E-state index contributed by atoms with van der Waals surface area (Å²) in [4.78, 5) is 23.0. The van der Waals surface area contributed by atoms with Gasteiger partial charge < -0.3 is 10.1 Å². The summed E-state index contributed by atoms with van der Waals surface area (Å²) in [5.74, 6) is 0.272. The third-order valence-electron chi connectivity index (χ3n) is 2.32. The Balaban J connectivity index is 2.80. The molecule has 0 aliphatic heterocycles. The number of hydrogen-bond donors (Lipinski definition) is 1. The third-order valence-corrected chi connectivity index (χ3v) is 2.81. The van der Waals surface area contributed by atoms with E-state index in [9.17, 15) is 9.59 Å². The molecule has 0 saturated heterocycles. The molecule has 0 bridgehead atoms. The van der Waals surface area contributed by atoms with Crippen molar-refractivity contribution in [3.05, 3.63) is 28.2 Å². The van der Waals surface area contributed by atoms with E-state index in [1.807, 2.05) is 0 Å². The normalized spacial score (nSPS) is 9.82. The van der Waals surface area contributed by atoms with Crippen molar-refractivity contribution in [1.82, 2.24) is 5.32 Å². The van der Waals surface area contributed by atoms with Gasteiger partial charge in [-0.2, -0.15) is 0 Å². The lowest BCUT2D eigenvalue weighted by atomic mass is 10.1. The molecule has 0 heterocycles. The maximum Gasteiger partial charge on any atom is 0.220 e. The molecule has 0 atom stereocenters. The Kier molecular flexibility index (Phi) is 5.15. The largest absolute Gasteiger partial charge is 0.496 e. The van der Waals surface area contributed by atoms with Gasteiger partial charge in [0.05, 0.1) is 12.7 Å². The Hall–Kier alpha value is -1.36. The van der Waals surface area contributed by atoms with Gasteiger partial charge in [0.2, 0.25) is 5.91 Å². The molecule has 0 aliphatic rings. The highest BCUT2D eigenvalue weighted by Gasteiger charge is 2.13. The van der Waals surface area contributed by atoms with Crippen LogP contribution in [0.3, 0.4) is 0 Å². The topological polar surface area (TPSA) is 55.4 Å². The van der Waals surface area contributed by atoms with E-state index in [4.69, 9.17) is 4.74 Å². The minimum absolute atomic E-state index is 0.105. The van der Waals surface area contributed by atoms with Gasteiger partial charge in [-0.25, -0.2) is 0 Å². The maximum atomic E-state index is 11.9. The van der Waals surface area contributed by atoms with E-state index in [-0.39, 0.29) is 24.5 Å². The lowest BCUT2D eigenvalue weighted by Gasteiger charge is -2.07. The van der Waals surface area contributed by atoms with E-state index in [1.54, 1.807) is 25.2 Å². The van der Waals surface area contributed by atoms with Crippen molar-refractivity contribution in [2.75, 3.05) is 14.2 Å². The van der Waals surface area contributed by atoms with Crippen LogP contribution in [0.4, 0.5) is 0 Å². The number of Topliss-reactive ketones (excluding diaryl/α,β-unsaturated/α-hetero) is 1. The third kappa shape index (κ3) is 3.85. The van der Waals surface area contributed by atoms with Crippen molar-refractivity contribution in [2.45, 2.75) is 12.8 Å². The van der Waals surface area contributed by atoms with Crippen LogP contribution in [-0.4, -0.2) is 25.8 Å². The lowest BCUT2D eigenvalue weighted by molar-refractivity contribution is -0.120. The van der Waals surface area contributed by atoms with Crippen LogP contribution in [0.25, 0.3) is 0 Å². The molecule has 0 radical (unpaired) electrons. The smallest absolute Gasteiger partial charge is 0.220 e. The molecule has 5 heteroatoms. The summed E-state index contributed by atoms with van der Waals surface area (Å²) < 4.78 is 5.92. The number of nitrogens with one attached hydrogen (secondary N) is 1. The first kappa shape index (κ1) is 13.7. The molecule has 0 spiro atoms. The number of ether oxygens (including phenoxy) is 1. The van der Waals surface area contributed by atoms with Crippen molar-refractivity contribution >= 4 is 27.6 Å². The molecule has 1 amide bonds. The van der Waals surface area contributed by atoms with Crippen LogP contribution in [0, 0.1) is 0 Å². The SMILES string of the molecule is CNC(=O)CCC(=O)c1cc(Br)ccc1OC. The second-order valence-electron chi connectivity index (χ2n) is 3.44. The predicted molar refractivity (Wildman–Crippen MR) is 68.3 cm³/mol. The van der Waals surface area contributed by atoms with Crippen LogP contribution in [0.5, 0.6) is 5.75 Å². The van der Waals surface area contributed by atoms with E-state index >= 15 is 0 Å².